The molecule has 0 spiro atoms. The predicted molar refractivity (Wildman–Crippen MR) is 74.5 cm³/mol. The van der Waals surface area contributed by atoms with Crippen LogP contribution in [0, 0.1) is 11.3 Å². The fourth-order valence-electron chi connectivity index (χ4n) is 2.44. The van der Waals surface area contributed by atoms with E-state index in [9.17, 15) is 4.55 Å². The van der Waals surface area contributed by atoms with Crippen molar-refractivity contribution in [1.29, 1.82) is 5.26 Å². The molecule has 1 heterocycles. The van der Waals surface area contributed by atoms with Gasteiger partial charge in [0.2, 0.25) is 0 Å². The summed E-state index contributed by atoms with van der Waals surface area (Å²) in [4.78, 5) is 1.68. The number of benzene rings is 2. The quantitative estimate of drug-likeness (QED) is 0.745. The second-order valence-electron chi connectivity index (χ2n) is 4.68. The molecule has 0 saturated heterocycles. The molecular weight excluding hydrogens is 254 g/mol. The van der Waals surface area contributed by atoms with E-state index >= 15 is 0 Å². The van der Waals surface area contributed by atoms with Crippen LogP contribution in [0.25, 0.3) is 0 Å². The maximum absolute atomic E-state index is 12.6. The van der Waals surface area contributed by atoms with Gasteiger partial charge in [-0.15, -0.1) is 0 Å². The third-order valence-corrected chi connectivity index (χ3v) is 5.09. The van der Waals surface area contributed by atoms with Crippen molar-refractivity contribution in [2.24, 2.45) is 0 Å². The third-order valence-electron chi connectivity index (χ3n) is 3.51. The van der Waals surface area contributed by atoms with Crippen LogP contribution >= 0.6 is 0 Å². The van der Waals surface area contributed by atoms with Crippen LogP contribution in [0.3, 0.4) is 0 Å². The van der Waals surface area contributed by atoms with E-state index in [-0.39, 0.29) is 0 Å². The molecule has 0 N–H and O–H groups in total. The van der Waals surface area contributed by atoms with Gasteiger partial charge in [-0.05, 0) is 24.1 Å². The number of rotatable bonds is 1. The van der Waals surface area contributed by atoms with Crippen molar-refractivity contribution >= 4 is 11.2 Å². The van der Waals surface area contributed by atoms with Gasteiger partial charge in [0.05, 0.1) is 11.6 Å². The Bertz CT molecular complexity index is 688. The summed E-state index contributed by atoms with van der Waals surface area (Å²) in [5, 5.41) is 8.94. The highest BCUT2D eigenvalue weighted by Gasteiger charge is 2.28. The first-order valence-corrected chi connectivity index (χ1v) is 7.44. The van der Waals surface area contributed by atoms with E-state index in [0.717, 1.165) is 33.8 Å². The highest BCUT2D eigenvalue weighted by Crippen LogP contribution is 2.35. The summed E-state index contributed by atoms with van der Waals surface area (Å²) in [6.45, 7) is 2.12. The van der Waals surface area contributed by atoms with Crippen molar-refractivity contribution in [2.45, 2.75) is 29.6 Å². The van der Waals surface area contributed by atoms with Gasteiger partial charge in [0.25, 0.3) is 0 Å². The van der Waals surface area contributed by atoms with Crippen LogP contribution in [0.5, 0.6) is 0 Å². The average molecular weight is 267 g/mol. The second-order valence-corrected chi connectivity index (χ2v) is 6.09. The average Bonchev–Trinajstić information content (AvgIpc) is 2.46. The second kappa shape index (κ2) is 4.73. The van der Waals surface area contributed by atoms with Crippen molar-refractivity contribution in [3.8, 4) is 6.07 Å². The minimum atomic E-state index is -1.16. The molecule has 1 unspecified atom stereocenters. The minimum absolute atomic E-state index is 0.570. The molecule has 0 bridgehead atoms. The molecule has 0 radical (unpaired) electrons. The van der Waals surface area contributed by atoms with Gasteiger partial charge in [0.15, 0.2) is 9.79 Å². The number of hydrogen-bond acceptors (Lipinski definition) is 2. The van der Waals surface area contributed by atoms with Gasteiger partial charge in [0.1, 0.15) is 0 Å². The lowest BCUT2D eigenvalue weighted by atomic mass is 10.0. The molecule has 3 heteroatoms. The third kappa shape index (κ3) is 2.03. The Morgan fingerprint density at radius 1 is 1.16 bits per heavy atom. The Kier molecular flexibility index (Phi) is 3.06. The molecule has 0 saturated carbocycles. The van der Waals surface area contributed by atoms with Gasteiger partial charge in [0, 0.05) is 34.8 Å². The zero-order chi connectivity index (χ0) is 13.4. The Morgan fingerprint density at radius 2 is 2.00 bits per heavy atom. The highest BCUT2D eigenvalue weighted by molar-refractivity contribution is 7.91. The Labute approximate surface area is 115 Å². The van der Waals surface area contributed by atoms with Crippen LogP contribution in [0.15, 0.2) is 46.2 Å². The lowest BCUT2D eigenvalue weighted by molar-refractivity contribution is 0.590. The van der Waals surface area contributed by atoms with Crippen molar-refractivity contribution in [3.05, 3.63) is 58.7 Å². The molecule has 3 rings (SSSR count). The lowest BCUT2D eigenvalue weighted by Gasteiger charge is -2.22. The number of aryl methyl sites for hydroxylation is 1. The first kappa shape index (κ1) is 12.3. The van der Waals surface area contributed by atoms with Crippen LogP contribution < -0.4 is 0 Å². The minimum Gasteiger partial charge on any atom is -0.606 e. The van der Waals surface area contributed by atoms with Gasteiger partial charge in [-0.3, -0.25) is 0 Å². The van der Waals surface area contributed by atoms with Gasteiger partial charge >= 0.3 is 0 Å². The molecule has 0 aromatic heterocycles. The predicted octanol–water partition coefficient (Wildman–Crippen LogP) is 3.19. The van der Waals surface area contributed by atoms with Gasteiger partial charge < -0.3 is 4.55 Å². The molecule has 0 amide bonds. The van der Waals surface area contributed by atoms with Crippen LogP contribution in [0.4, 0.5) is 0 Å². The molecule has 94 valence electrons. The molecule has 19 heavy (non-hydrogen) atoms. The van der Waals surface area contributed by atoms with E-state index in [2.05, 4.69) is 19.1 Å². The molecule has 1 aliphatic rings. The summed E-state index contributed by atoms with van der Waals surface area (Å²) in [7, 11) is 0. The van der Waals surface area contributed by atoms with Crippen LogP contribution in [-0.2, 0) is 24.0 Å². The molecule has 2 nitrogen and oxygen atoms in total. The molecule has 2 aromatic carbocycles. The molecular formula is C16H13NOS. The summed E-state index contributed by atoms with van der Waals surface area (Å²) in [6, 6.07) is 13.7. The number of nitrogens with zero attached hydrogens (tertiary/aromatic N) is 1. The Morgan fingerprint density at radius 3 is 2.74 bits per heavy atom. The van der Waals surface area contributed by atoms with E-state index in [4.69, 9.17) is 5.26 Å². The molecule has 1 atom stereocenters. The largest absolute Gasteiger partial charge is 0.606 e. The van der Waals surface area contributed by atoms with Gasteiger partial charge in [-0.2, -0.15) is 5.26 Å². The molecule has 0 aliphatic carbocycles. The van der Waals surface area contributed by atoms with E-state index in [1.807, 2.05) is 18.2 Å². The van der Waals surface area contributed by atoms with E-state index in [1.165, 1.54) is 5.56 Å². The Balaban J connectivity index is 2.11. The first-order chi connectivity index (χ1) is 9.22. The van der Waals surface area contributed by atoms with E-state index < -0.39 is 11.2 Å². The zero-order valence-electron chi connectivity index (χ0n) is 10.6. The number of fused-ring (bicyclic) bond motifs is 2. The summed E-state index contributed by atoms with van der Waals surface area (Å²) in [5.74, 6) is 0. The van der Waals surface area contributed by atoms with E-state index in [1.54, 1.807) is 12.1 Å². The maximum atomic E-state index is 12.6. The van der Waals surface area contributed by atoms with Gasteiger partial charge in [-0.1, -0.05) is 25.1 Å². The van der Waals surface area contributed by atoms with Crippen LogP contribution in [0.1, 0.15) is 29.2 Å². The fourth-order valence-corrected chi connectivity index (χ4v) is 3.85. The van der Waals surface area contributed by atoms with Crippen molar-refractivity contribution in [3.63, 3.8) is 0 Å². The van der Waals surface area contributed by atoms with Crippen LogP contribution in [-0.4, -0.2) is 4.55 Å². The fraction of sp³-hybridized carbons (Fsp3) is 0.188. The highest BCUT2D eigenvalue weighted by atomic mass is 32.2. The zero-order valence-corrected chi connectivity index (χ0v) is 11.5. The van der Waals surface area contributed by atoms with Crippen molar-refractivity contribution in [1.82, 2.24) is 0 Å². The molecule has 1 aliphatic heterocycles. The maximum Gasteiger partial charge on any atom is 0.163 e. The van der Waals surface area contributed by atoms with Crippen LogP contribution in [0.2, 0.25) is 0 Å². The smallest absolute Gasteiger partial charge is 0.163 e. The first-order valence-electron chi connectivity index (χ1n) is 6.29. The summed E-state index contributed by atoms with van der Waals surface area (Å²) >= 11 is -1.16. The topological polar surface area (TPSA) is 46.8 Å². The summed E-state index contributed by atoms with van der Waals surface area (Å²) in [6.07, 6.45) is 1.79. The van der Waals surface area contributed by atoms with E-state index in [0.29, 0.717) is 5.56 Å². The monoisotopic (exact) mass is 267 g/mol. The molecule has 2 aromatic rings. The standard InChI is InChI=1S/C16H13NOS/c1-2-11-4-6-15-14(7-11)9-13-5-3-12(10-17)8-16(13)19(15)18/h3-8H,2,9H2,1H3. The normalized spacial score (nSPS) is 16.4. The van der Waals surface area contributed by atoms with Crippen molar-refractivity contribution < 1.29 is 4.55 Å². The molecule has 0 fully saturated rings. The summed E-state index contributed by atoms with van der Waals surface area (Å²) < 4.78 is 12.6. The lowest BCUT2D eigenvalue weighted by Crippen LogP contribution is -2.15. The number of nitriles is 1. The SMILES string of the molecule is CCc1ccc2c(c1)Cc1ccc(C#N)cc1[S+]2[O-]. The number of hydrogen-bond donors (Lipinski definition) is 0. The van der Waals surface area contributed by atoms with Crippen molar-refractivity contribution in [2.75, 3.05) is 0 Å². The Hall–Kier alpha value is -1.76. The van der Waals surface area contributed by atoms with Gasteiger partial charge in [-0.25, -0.2) is 0 Å². The summed E-state index contributed by atoms with van der Waals surface area (Å²) in [5.41, 5.74) is 4.06.